The predicted molar refractivity (Wildman–Crippen MR) is 71.3 cm³/mol. The summed E-state index contributed by atoms with van der Waals surface area (Å²) in [6, 6.07) is 6.53. The second-order valence-corrected chi connectivity index (χ2v) is 5.45. The molecular formula is C14H21FN2O. The van der Waals surface area contributed by atoms with Gasteiger partial charge in [0.15, 0.2) is 0 Å². The summed E-state index contributed by atoms with van der Waals surface area (Å²) in [6.07, 6.45) is 0.987. The zero-order chi connectivity index (χ0) is 13.2. The van der Waals surface area contributed by atoms with E-state index < -0.39 is 0 Å². The van der Waals surface area contributed by atoms with Gasteiger partial charge in [0.05, 0.1) is 12.6 Å². The zero-order valence-corrected chi connectivity index (χ0v) is 11.0. The average molecular weight is 252 g/mol. The van der Waals surface area contributed by atoms with E-state index in [4.69, 9.17) is 0 Å². The second kappa shape index (κ2) is 5.24. The molecule has 0 aliphatic carbocycles. The fraction of sp³-hybridized carbons (Fsp3) is 0.571. The number of anilines is 1. The first-order valence-electron chi connectivity index (χ1n) is 6.41. The lowest BCUT2D eigenvalue weighted by Gasteiger charge is -2.43. The number of nitrogens with one attached hydrogen (secondary N) is 1. The molecule has 18 heavy (non-hydrogen) atoms. The van der Waals surface area contributed by atoms with Crippen LogP contribution in [-0.2, 0) is 0 Å². The summed E-state index contributed by atoms with van der Waals surface area (Å²) >= 11 is 0. The highest BCUT2D eigenvalue weighted by molar-refractivity contribution is 5.50. The van der Waals surface area contributed by atoms with Crippen molar-refractivity contribution in [1.82, 2.24) is 5.32 Å². The van der Waals surface area contributed by atoms with E-state index in [1.54, 1.807) is 12.1 Å². The minimum atomic E-state index is -0.231. The monoisotopic (exact) mass is 252 g/mol. The van der Waals surface area contributed by atoms with Crippen LogP contribution in [0.15, 0.2) is 24.3 Å². The van der Waals surface area contributed by atoms with Gasteiger partial charge in [-0.2, -0.15) is 0 Å². The fourth-order valence-corrected chi connectivity index (χ4v) is 2.68. The maximum absolute atomic E-state index is 13.0. The lowest BCUT2D eigenvalue weighted by atomic mass is 9.96. The Hall–Kier alpha value is -1.13. The summed E-state index contributed by atoms with van der Waals surface area (Å²) in [7, 11) is 0. The topological polar surface area (TPSA) is 35.5 Å². The van der Waals surface area contributed by atoms with Gasteiger partial charge < -0.3 is 15.3 Å². The van der Waals surface area contributed by atoms with Crippen molar-refractivity contribution in [3.63, 3.8) is 0 Å². The SMILES string of the molecule is CC1(C)CCNCC(CO)N1c1ccc(F)cc1. The van der Waals surface area contributed by atoms with Crippen LogP contribution in [0.1, 0.15) is 20.3 Å². The van der Waals surface area contributed by atoms with Crippen LogP contribution in [0.4, 0.5) is 10.1 Å². The molecular weight excluding hydrogens is 231 g/mol. The summed E-state index contributed by atoms with van der Waals surface area (Å²) in [5.74, 6) is -0.231. The first kappa shape index (κ1) is 13.3. The van der Waals surface area contributed by atoms with Crippen LogP contribution in [0.5, 0.6) is 0 Å². The van der Waals surface area contributed by atoms with Gasteiger partial charge in [-0.3, -0.25) is 0 Å². The van der Waals surface area contributed by atoms with Crippen molar-refractivity contribution in [1.29, 1.82) is 0 Å². The molecule has 1 aromatic carbocycles. The maximum atomic E-state index is 13.0. The van der Waals surface area contributed by atoms with E-state index in [-0.39, 0.29) is 24.0 Å². The van der Waals surface area contributed by atoms with Crippen LogP contribution < -0.4 is 10.2 Å². The summed E-state index contributed by atoms with van der Waals surface area (Å²) in [5, 5.41) is 12.9. The molecule has 0 aromatic heterocycles. The van der Waals surface area contributed by atoms with Crippen LogP contribution in [0.2, 0.25) is 0 Å². The van der Waals surface area contributed by atoms with E-state index in [0.717, 1.165) is 25.2 Å². The molecule has 0 radical (unpaired) electrons. The van der Waals surface area contributed by atoms with E-state index in [1.807, 2.05) is 0 Å². The molecule has 0 amide bonds. The molecule has 1 unspecified atom stereocenters. The summed E-state index contributed by atoms with van der Waals surface area (Å²) in [6.45, 7) is 6.09. The van der Waals surface area contributed by atoms with Crippen LogP contribution in [-0.4, -0.2) is 36.4 Å². The minimum absolute atomic E-state index is 0.0213. The van der Waals surface area contributed by atoms with Crippen LogP contribution in [0.25, 0.3) is 0 Å². The van der Waals surface area contributed by atoms with Crippen molar-refractivity contribution in [2.75, 3.05) is 24.6 Å². The molecule has 1 saturated heterocycles. The standard InChI is InChI=1S/C14H21FN2O/c1-14(2)7-8-16-9-13(10-18)17(14)12-5-3-11(15)4-6-12/h3-6,13,16,18H,7-10H2,1-2H3. The van der Waals surface area contributed by atoms with Crippen LogP contribution in [0, 0.1) is 5.82 Å². The first-order chi connectivity index (χ1) is 8.54. The fourth-order valence-electron chi connectivity index (χ4n) is 2.68. The Morgan fingerprint density at radius 2 is 2.06 bits per heavy atom. The third-order valence-electron chi connectivity index (χ3n) is 3.63. The van der Waals surface area contributed by atoms with Crippen molar-refractivity contribution >= 4 is 5.69 Å². The largest absolute Gasteiger partial charge is 0.394 e. The zero-order valence-electron chi connectivity index (χ0n) is 11.0. The van der Waals surface area contributed by atoms with Crippen molar-refractivity contribution in [2.45, 2.75) is 31.8 Å². The molecule has 0 bridgehead atoms. The number of halogens is 1. The molecule has 100 valence electrons. The number of benzene rings is 1. The van der Waals surface area contributed by atoms with E-state index in [9.17, 15) is 9.50 Å². The molecule has 0 saturated carbocycles. The summed E-state index contributed by atoms with van der Waals surface area (Å²) < 4.78 is 13.0. The van der Waals surface area contributed by atoms with Gasteiger partial charge in [0.1, 0.15) is 5.82 Å². The van der Waals surface area contributed by atoms with Crippen molar-refractivity contribution in [2.24, 2.45) is 0 Å². The van der Waals surface area contributed by atoms with Crippen molar-refractivity contribution < 1.29 is 9.50 Å². The van der Waals surface area contributed by atoms with E-state index in [1.165, 1.54) is 12.1 Å². The summed E-state index contributed by atoms with van der Waals surface area (Å²) in [5.41, 5.74) is 0.901. The molecule has 1 atom stereocenters. The first-order valence-corrected chi connectivity index (χ1v) is 6.41. The van der Waals surface area contributed by atoms with Crippen LogP contribution in [0.3, 0.4) is 0 Å². The second-order valence-electron chi connectivity index (χ2n) is 5.45. The lowest BCUT2D eigenvalue weighted by molar-refractivity contribution is 0.245. The van der Waals surface area contributed by atoms with Gasteiger partial charge in [-0.05, 0) is 51.1 Å². The number of nitrogens with zero attached hydrogens (tertiary/aromatic N) is 1. The van der Waals surface area contributed by atoms with E-state index >= 15 is 0 Å². The average Bonchev–Trinajstić information content (AvgIpc) is 2.49. The highest BCUT2D eigenvalue weighted by Crippen LogP contribution is 2.30. The Morgan fingerprint density at radius 1 is 1.39 bits per heavy atom. The Kier molecular flexibility index (Phi) is 3.88. The molecule has 1 aromatic rings. The molecule has 1 aliphatic heterocycles. The van der Waals surface area contributed by atoms with Crippen molar-refractivity contribution in [3.05, 3.63) is 30.1 Å². The maximum Gasteiger partial charge on any atom is 0.123 e. The highest BCUT2D eigenvalue weighted by Gasteiger charge is 2.34. The number of rotatable bonds is 2. The lowest BCUT2D eigenvalue weighted by Crippen LogP contribution is -2.52. The Morgan fingerprint density at radius 3 is 2.67 bits per heavy atom. The number of aliphatic hydroxyl groups excluding tert-OH is 1. The molecule has 1 heterocycles. The quantitative estimate of drug-likeness (QED) is 0.842. The number of hydrogen-bond acceptors (Lipinski definition) is 3. The number of aliphatic hydroxyl groups is 1. The summed E-state index contributed by atoms with van der Waals surface area (Å²) in [4.78, 5) is 2.20. The van der Waals surface area contributed by atoms with Gasteiger partial charge in [-0.15, -0.1) is 0 Å². The van der Waals surface area contributed by atoms with E-state index in [2.05, 4.69) is 24.1 Å². The van der Waals surface area contributed by atoms with Crippen LogP contribution >= 0.6 is 0 Å². The Balaban J connectivity index is 2.36. The number of hydrogen-bond donors (Lipinski definition) is 2. The molecule has 2 N–H and O–H groups in total. The molecule has 1 aliphatic rings. The van der Waals surface area contributed by atoms with Crippen molar-refractivity contribution in [3.8, 4) is 0 Å². The smallest absolute Gasteiger partial charge is 0.123 e. The molecule has 4 heteroatoms. The van der Waals surface area contributed by atoms with Gasteiger partial charge in [-0.1, -0.05) is 0 Å². The molecule has 1 fully saturated rings. The Bertz CT molecular complexity index is 391. The molecule has 3 nitrogen and oxygen atoms in total. The van der Waals surface area contributed by atoms with Gasteiger partial charge in [0.25, 0.3) is 0 Å². The predicted octanol–water partition coefficient (Wildman–Crippen LogP) is 1.76. The normalized spacial score (nSPS) is 23.8. The molecule has 0 spiro atoms. The molecule has 2 rings (SSSR count). The minimum Gasteiger partial charge on any atom is -0.394 e. The van der Waals surface area contributed by atoms with E-state index in [0.29, 0.717) is 0 Å². The highest BCUT2D eigenvalue weighted by atomic mass is 19.1. The van der Waals surface area contributed by atoms with Gasteiger partial charge in [0.2, 0.25) is 0 Å². The van der Waals surface area contributed by atoms with Gasteiger partial charge in [0, 0.05) is 17.8 Å². The third kappa shape index (κ3) is 2.65. The van der Waals surface area contributed by atoms with Gasteiger partial charge in [-0.25, -0.2) is 4.39 Å². The van der Waals surface area contributed by atoms with Gasteiger partial charge >= 0.3 is 0 Å². The Labute approximate surface area is 108 Å². The third-order valence-corrected chi connectivity index (χ3v) is 3.63.